The zero-order valence-corrected chi connectivity index (χ0v) is 11.6. The summed E-state index contributed by atoms with van der Waals surface area (Å²) in [5, 5.41) is 6.83. The van der Waals surface area contributed by atoms with Crippen molar-refractivity contribution in [3.8, 4) is 0 Å². The van der Waals surface area contributed by atoms with Gasteiger partial charge in [0.05, 0.1) is 6.04 Å². The van der Waals surface area contributed by atoms with Gasteiger partial charge in [-0.25, -0.2) is 0 Å². The highest BCUT2D eigenvalue weighted by molar-refractivity contribution is 5.83. The van der Waals surface area contributed by atoms with E-state index in [4.69, 9.17) is 0 Å². The molecule has 2 N–H and O–H groups in total. The second-order valence-corrected chi connectivity index (χ2v) is 6.89. The highest BCUT2D eigenvalue weighted by atomic mass is 16.2. The van der Waals surface area contributed by atoms with E-state index in [1.807, 2.05) is 0 Å². The summed E-state index contributed by atoms with van der Waals surface area (Å²) < 4.78 is 0. The maximum absolute atomic E-state index is 12.5. The maximum atomic E-state index is 12.5. The normalized spacial score (nSPS) is 45.4. The van der Waals surface area contributed by atoms with Gasteiger partial charge in [-0.2, -0.15) is 0 Å². The Balaban J connectivity index is 1.39. The fourth-order valence-electron chi connectivity index (χ4n) is 5.00. The van der Waals surface area contributed by atoms with Crippen molar-refractivity contribution in [2.75, 3.05) is 19.6 Å². The number of fused-ring (bicyclic) bond motifs is 2. The van der Waals surface area contributed by atoms with Crippen LogP contribution in [0.4, 0.5) is 0 Å². The molecule has 0 spiro atoms. The summed E-state index contributed by atoms with van der Waals surface area (Å²) in [6, 6.07) is 1.14. The average molecular weight is 263 g/mol. The second kappa shape index (κ2) is 4.74. The molecule has 3 aliphatic heterocycles. The molecule has 5 atom stereocenters. The third-order valence-corrected chi connectivity index (χ3v) is 5.96. The molecular weight excluding hydrogens is 238 g/mol. The van der Waals surface area contributed by atoms with Gasteiger partial charge in [0, 0.05) is 18.6 Å². The summed E-state index contributed by atoms with van der Waals surface area (Å²) in [4.78, 5) is 15.1. The second-order valence-electron chi connectivity index (χ2n) is 6.89. The first-order valence-electron chi connectivity index (χ1n) is 8.11. The van der Waals surface area contributed by atoms with Gasteiger partial charge in [0.15, 0.2) is 0 Å². The van der Waals surface area contributed by atoms with Crippen LogP contribution in [0.25, 0.3) is 0 Å². The minimum atomic E-state index is 0.1000. The highest BCUT2D eigenvalue weighted by Crippen LogP contribution is 2.38. The van der Waals surface area contributed by atoms with E-state index < -0.39 is 0 Å². The molecule has 0 radical (unpaired) electrons. The topological polar surface area (TPSA) is 44.4 Å². The standard InChI is InChI=1S/C15H25N3O/c19-15(14-11-4-1-3-10(11)9-16-14)17-12-6-8-18-7-2-5-13(12)18/h10-14,16H,1-9H2,(H,17,19). The molecule has 4 fully saturated rings. The lowest BCUT2D eigenvalue weighted by Gasteiger charge is -2.24. The Morgan fingerprint density at radius 2 is 2.05 bits per heavy atom. The van der Waals surface area contributed by atoms with E-state index in [9.17, 15) is 4.79 Å². The Hall–Kier alpha value is -0.610. The number of nitrogens with one attached hydrogen (secondary N) is 2. The van der Waals surface area contributed by atoms with Crippen LogP contribution in [0.3, 0.4) is 0 Å². The first kappa shape index (κ1) is 12.2. The molecule has 4 nitrogen and oxygen atoms in total. The van der Waals surface area contributed by atoms with Gasteiger partial charge < -0.3 is 10.6 Å². The highest BCUT2D eigenvalue weighted by Gasteiger charge is 2.44. The Kier molecular flexibility index (Phi) is 3.03. The summed E-state index contributed by atoms with van der Waals surface area (Å²) in [5.74, 6) is 1.66. The zero-order chi connectivity index (χ0) is 12.8. The third-order valence-electron chi connectivity index (χ3n) is 5.96. The lowest BCUT2D eigenvalue weighted by Crippen LogP contribution is -2.50. The van der Waals surface area contributed by atoms with E-state index in [-0.39, 0.29) is 11.9 Å². The molecule has 3 heterocycles. The van der Waals surface area contributed by atoms with E-state index in [1.165, 1.54) is 45.2 Å². The first-order valence-corrected chi connectivity index (χ1v) is 8.11. The van der Waals surface area contributed by atoms with Gasteiger partial charge >= 0.3 is 0 Å². The fourth-order valence-corrected chi connectivity index (χ4v) is 5.00. The molecule has 0 aromatic rings. The summed E-state index contributed by atoms with van der Waals surface area (Å²) in [5.41, 5.74) is 0. The summed E-state index contributed by atoms with van der Waals surface area (Å²) in [7, 11) is 0. The van der Waals surface area contributed by atoms with Crippen molar-refractivity contribution in [3.63, 3.8) is 0 Å². The zero-order valence-electron chi connectivity index (χ0n) is 11.6. The molecule has 4 aliphatic rings. The van der Waals surface area contributed by atoms with Gasteiger partial charge in [-0.05, 0) is 57.0 Å². The van der Waals surface area contributed by atoms with E-state index in [1.54, 1.807) is 0 Å². The molecule has 1 aliphatic carbocycles. The molecule has 5 unspecified atom stereocenters. The number of hydrogen-bond donors (Lipinski definition) is 2. The van der Waals surface area contributed by atoms with Crippen LogP contribution in [0.5, 0.6) is 0 Å². The van der Waals surface area contributed by atoms with Crippen LogP contribution in [0, 0.1) is 11.8 Å². The van der Waals surface area contributed by atoms with Gasteiger partial charge in [0.1, 0.15) is 0 Å². The minimum absolute atomic E-state index is 0.1000. The van der Waals surface area contributed by atoms with Crippen molar-refractivity contribution in [2.45, 2.75) is 56.7 Å². The number of carbonyl (C=O) groups is 1. The molecule has 106 valence electrons. The quantitative estimate of drug-likeness (QED) is 0.772. The third kappa shape index (κ3) is 2.00. The monoisotopic (exact) mass is 263 g/mol. The van der Waals surface area contributed by atoms with E-state index in [0.717, 1.165) is 18.9 Å². The van der Waals surface area contributed by atoms with Crippen LogP contribution in [-0.2, 0) is 4.79 Å². The van der Waals surface area contributed by atoms with Crippen molar-refractivity contribution in [1.29, 1.82) is 0 Å². The van der Waals surface area contributed by atoms with Gasteiger partial charge in [0.2, 0.25) is 5.91 Å². The Morgan fingerprint density at radius 1 is 1.11 bits per heavy atom. The van der Waals surface area contributed by atoms with Crippen LogP contribution in [0.15, 0.2) is 0 Å². The molecule has 3 saturated heterocycles. The fraction of sp³-hybridized carbons (Fsp3) is 0.933. The lowest BCUT2D eigenvalue weighted by atomic mass is 9.93. The van der Waals surface area contributed by atoms with Gasteiger partial charge in [-0.1, -0.05) is 6.42 Å². The summed E-state index contributed by atoms with van der Waals surface area (Å²) >= 11 is 0. The van der Waals surface area contributed by atoms with Crippen LogP contribution in [-0.4, -0.2) is 48.6 Å². The van der Waals surface area contributed by atoms with E-state index >= 15 is 0 Å². The SMILES string of the molecule is O=C(NC1CCN2CCCC12)C1NCC2CCCC21. The predicted octanol–water partition coefficient (Wildman–Crippen LogP) is 0.727. The number of nitrogens with zero attached hydrogens (tertiary/aromatic N) is 1. The number of rotatable bonds is 2. The molecule has 4 heteroatoms. The Morgan fingerprint density at radius 3 is 3.00 bits per heavy atom. The lowest BCUT2D eigenvalue weighted by molar-refractivity contribution is -0.124. The molecule has 1 amide bonds. The van der Waals surface area contributed by atoms with Crippen molar-refractivity contribution < 1.29 is 4.79 Å². The molecule has 0 aromatic heterocycles. The minimum Gasteiger partial charge on any atom is -0.350 e. The van der Waals surface area contributed by atoms with E-state index in [2.05, 4.69) is 15.5 Å². The molecule has 0 aromatic carbocycles. The van der Waals surface area contributed by atoms with Crippen LogP contribution >= 0.6 is 0 Å². The van der Waals surface area contributed by atoms with Gasteiger partial charge in [-0.3, -0.25) is 9.69 Å². The summed E-state index contributed by atoms with van der Waals surface area (Å²) in [6.07, 6.45) is 7.62. The number of hydrogen-bond acceptors (Lipinski definition) is 3. The Labute approximate surface area is 115 Å². The van der Waals surface area contributed by atoms with Gasteiger partial charge in [-0.15, -0.1) is 0 Å². The van der Waals surface area contributed by atoms with E-state index in [0.29, 0.717) is 18.0 Å². The average Bonchev–Trinajstić information content (AvgIpc) is 3.09. The van der Waals surface area contributed by atoms with Crippen LogP contribution < -0.4 is 10.6 Å². The smallest absolute Gasteiger partial charge is 0.237 e. The largest absolute Gasteiger partial charge is 0.350 e. The van der Waals surface area contributed by atoms with Crippen molar-refractivity contribution >= 4 is 5.91 Å². The molecule has 1 saturated carbocycles. The number of amides is 1. The van der Waals surface area contributed by atoms with Crippen molar-refractivity contribution in [1.82, 2.24) is 15.5 Å². The maximum Gasteiger partial charge on any atom is 0.237 e. The predicted molar refractivity (Wildman–Crippen MR) is 73.8 cm³/mol. The Bertz CT molecular complexity index is 372. The van der Waals surface area contributed by atoms with Crippen LogP contribution in [0.1, 0.15) is 38.5 Å². The van der Waals surface area contributed by atoms with Crippen molar-refractivity contribution in [2.24, 2.45) is 11.8 Å². The van der Waals surface area contributed by atoms with Crippen LogP contribution in [0.2, 0.25) is 0 Å². The molecular formula is C15H25N3O. The van der Waals surface area contributed by atoms with Crippen molar-refractivity contribution in [3.05, 3.63) is 0 Å². The van der Waals surface area contributed by atoms with Gasteiger partial charge in [0.25, 0.3) is 0 Å². The molecule has 4 rings (SSSR count). The first-order chi connectivity index (χ1) is 9.33. The molecule has 19 heavy (non-hydrogen) atoms. The number of carbonyl (C=O) groups excluding carboxylic acids is 1. The summed E-state index contributed by atoms with van der Waals surface area (Å²) in [6.45, 7) is 3.48. The molecule has 0 bridgehead atoms.